The summed E-state index contributed by atoms with van der Waals surface area (Å²) in [6.07, 6.45) is 0. The van der Waals surface area contributed by atoms with Crippen LogP contribution in [0.3, 0.4) is 0 Å². The molecule has 0 unspecified atom stereocenters. The fraction of sp³-hybridized carbons (Fsp3) is 0.182. The van der Waals surface area contributed by atoms with Crippen molar-refractivity contribution < 1.29 is 4.79 Å². The molecule has 1 aromatic carbocycles. The molecular formula is C11H13N5O. The van der Waals surface area contributed by atoms with Crippen LogP contribution < -0.4 is 11.1 Å². The molecule has 88 valence electrons. The Morgan fingerprint density at radius 3 is 2.88 bits per heavy atom. The molecule has 0 saturated carbocycles. The molecule has 0 spiro atoms. The van der Waals surface area contributed by atoms with E-state index in [9.17, 15) is 4.79 Å². The first-order valence-electron chi connectivity index (χ1n) is 5.19. The van der Waals surface area contributed by atoms with Gasteiger partial charge in [0, 0.05) is 5.56 Å². The van der Waals surface area contributed by atoms with Crippen LogP contribution in [-0.4, -0.2) is 27.6 Å². The number of benzene rings is 1. The van der Waals surface area contributed by atoms with E-state index in [0.29, 0.717) is 11.5 Å². The highest BCUT2D eigenvalue weighted by atomic mass is 16.1. The zero-order valence-electron chi connectivity index (χ0n) is 9.40. The molecule has 0 aliphatic heterocycles. The summed E-state index contributed by atoms with van der Waals surface area (Å²) in [5, 5.41) is 9.53. The second-order valence-electron chi connectivity index (χ2n) is 3.54. The summed E-state index contributed by atoms with van der Waals surface area (Å²) in [6.45, 7) is 1.76. The van der Waals surface area contributed by atoms with Gasteiger partial charge in [-0.15, -0.1) is 0 Å². The molecule has 0 aliphatic rings. The number of aromatic amines is 1. The first kappa shape index (κ1) is 11.3. The second-order valence-corrected chi connectivity index (χ2v) is 3.54. The van der Waals surface area contributed by atoms with Crippen molar-refractivity contribution in [3.63, 3.8) is 0 Å². The van der Waals surface area contributed by atoms with E-state index in [-0.39, 0.29) is 12.5 Å². The summed E-state index contributed by atoms with van der Waals surface area (Å²) in [6, 6.07) is 7.32. The Morgan fingerprint density at radius 1 is 1.47 bits per heavy atom. The molecule has 2 rings (SSSR count). The lowest BCUT2D eigenvalue weighted by Crippen LogP contribution is -2.22. The Hall–Kier alpha value is -2.21. The van der Waals surface area contributed by atoms with Crippen LogP contribution in [0, 0.1) is 6.92 Å². The minimum absolute atomic E-state index is 0.0542. The Labute approximate surface area is 98.3 Å². The summed E-state index contributed by atoms with van der Waals surface area (Å²) < 4.78 is 0. The number of anilines is 1. The van der Waals surface area contributed by atoms with E-state index in [4.69, 9.17) is 5.73 Å². The van der Waals surface area contributed by atoms with E-state index < -0.39 is 0 Å². The van der Waals surface area contributed by atoms with E-state index >= 15 is 0 Å². The fourth-order valence-electron chi connectivity index (χ4n) is 1.45. The first-order valence-corrected chi connectivity index (χ1v) is 5.19. The lowest BCUT2D eigenvalue weighted by molar-refractivity contribution is -0.114. The number of carbonyl (C=O) groups excluding carboxylic acids is 1. The van der Waals surface area contributed by atoms with E-state index in [2.05, 4.69) is 20.5 Å². The highest BCUT2D eigenvalue weighted by molar-refractivity contribution is 5.95. The average Bonchev–Trinajstić information content (AvgIpc) is 2.76. The van der Waals surface area contributed by atoms with Crippen molar-refractivity contribution in [2.45, 2.75) is 6.92 Å². The van der Waals surface area contributed by atoms with Gasteiger partial charge in [0.05, 0.1) is 12.2 Å². The number of nitrogens with zero attached hydrogens (tertiary/aromatic N) is 2. The van der Waals surface area contributed by atoms with E-state index in [1.54, 1.807) is 6.07 Å². The van der Waals surface area contributed by atoms with Gasteiger partial charge in [-0.2, -0.15) is 5.10 Å². The Morgan fingerprint density at radius 2 is 2.24 bits per heavy atom. The minimum atomic E-state index is -0.246. The van der Waals surface area contributed by atoms with E-state index in [1.165, 1.54) is 0 Å². The van der Waals surface area contributed by atoms with Gasteiger partial charge < -0.3 is 11.1 Å². The predicted molar refractivity (Wildman–Crippen MR) is 64.2 cm³/mol. The van der Waals surface area contributed by atoms with Gasteiger partial charge in [0.15, 0.2) is 5.82 Å². The van der Waals surface area contributed by atoms with Crippen molar-refractivity contribution in [1.82, 2.24) is 15.2 Å². The number of aromatic nitrogens is 3. The quantitative estimate of drug-likeness (QED) is 0.723. The molecule has 0 atom stereocenters. The number of nitrogens with one attached hydrogen (secondary N) is 2. The molecule has 17 heavy (non-hydrogen) atoms. The van der Waals surface area contributed by atoms with Crippen molar-refractivity contribution in [2.24, 2.45) is 5.73 Å². The fourth-order valence-corrected chi connectivity index (χ4v) is 1.45. The third-order valence-corrected chi connectivity index (χ3v) is 2.22. The van der Waals surface area contributed by atoms with Crippen molar-refractivity contribution in [1.29, 1.82) is 0 Å². The van der Waals surface area contributed by atoms with Crippen LogP contribution in [0.15, 0.2) is 24.3 Å². The standard InChI is InChI=1S/C11H13N5O/c1-7-13-11(16-15-7)8-4-2-3-5-9(8)14-10(17)6-12/h2-5H,6,12H2,1H3,(H,14,17)(H,13,15,16). The third kappa shape index (κ3) is 2.48. The zero-order valence-corrected chi connectivity index (χ0v) is 9.40. The number of hydrogen-bond acceptors (Lipinski definition) is 4. The molecule has 2 aromatic rings. The number of para-hydroxylation sites is 1. The molecular weight excluding hydrogens is 218 g/mol. The number of amides is 1. The molecule has 1 heterocycles. The number of hydrogen-bond donors (Lipinski definition) is 3. The second kappa shape index (κ2) is 4.75. The molecule has 0 radical (unpaired) electrons. The van der Waals surface area contributed by atoms with Crippen molar-refractivity contribution in [2.75, 3.05) is 11.9 Å². The third-order valence-electron chi connectivity index (χ3n) is 2.22. The van der Waals surface area contributed by atoms with Crippen LogP contribution in [0.4, 0.5) is 5.69 Å². The van der Waals surface area contributed by atoms with Gasteiger partial charge in [-0.1, -0.05) is 12.1 Å². The topological polar surface area (TPSA) is 96.7 Å². The van der Waals surface area contributed by atoms with Crippen LogP contribution in [0.25, 0.3) is 11.4 Å². The van der Waals surface area contributed by atoms with Crippen LogP contribution in [0.1, 0.15) is 5.82 Å². The maximum absolute atomic E-state index is 11.3. The van der Waals surface area contributed by atoms with Crippen LogP contribution in [-0.2, 0) is 4.79 Å². The van der Waals surface area contributed by atoms with Gasteiger partial charge in [0.2, 0.25) is 5.91 Å². The molecule has 0 fully saturated rings. The van der Waals surface area contributed by atoms with Gasteiger partial charge in [-0.3, -0.25) is 9.89 Å². The van der Waals surface area contributed by atoms with Crippen molar-refractivity contribution >= 4 is 11.6 Å². The van der Waals surface area contributed by atoms with Gasteiger partial charge in [0.1, 0.15) is 5.82 Å². The monoisotopic (exact) mass is 231 g/mol. The van der Waals surface area contributed by atoms with Gasteiger partial charge in [-0.25, -0.2) is 4.98 Å². The predicted octanol–water partition coefficient (Wildman–Crippen LogP) is 0.677. The Kier molecular flexibility index (Phi) is 3.15. The molecule has 4 N–H and O–H groups in total. The largest absolute Gasteiger partial charge is 0.324 e. The molecule has 0 aliphatic carbocycles. The smallest absolute Gasteiger partial charge is 0.238 e. The molecule has 0 saturated heterocycles. The van der Waals surface area contributed by atoms with E-state index in [1.807, 2.05) is 25.1 Å². The summed E-state index contributed by atoms with van der Waals surface area (Å²) in [7, 11) is 0. The maximum atomic E-state index is 11.3. The number of aryl methyl sites for hydroxylation is 1. The number of carbonyl (C=O) groups is 1. The lowest BCUT2D eigenvalue weighted by atomic mass is 10.1. The molecule has 6 nitrogen and oxygen atoms in total. The van der Waals surface area contributed by atoms with Crippen LogP contribution in [0.5, 0.6) is 0 Å². The summed E-state index contributed by atoms with van der Waals surface area (Å²) in [5.74, 6) is 1.03. The van der Waals surface area contributed by atoms with Crippen LogP contribution in [0.2, 0.25) is 0 Å². The highest BCUT2D eigenvalue weighted by Gasteiger charge is 2.10. The lowest BCUT2D eigenvalue weighted by Gasteiger charge is -2.07. The average molecular weight is 231 g/mol. The van der Waals surface area contributed by atoms with Gasteiger partial charge in [0.25, 0.3) is 0 Å². The number of H-pyrrole nitrogens is 1. The molecule has 1 amide bonds. The number of nitrogens with two attached hydrogens (primary N) is 1. The van der Waals surface area contributed by atoms with Gasteiger partial charge in [-0.05, 0) is 19.1 Å². The summed E-state index contributed by atoms with van der Waals surface area (Å²) in [5.41, 5.74) is 6.68. The number of rotatable bonds is 3. The Bertz CT molecular complexity index is 534. The highest BCUT2D eigenvalue weighted by Crippen LogP contribution is 2.24. The SMILES string of the molecule is Cc1nc(-c2ccccc2NC(=O)CN)n[nH]1. The zero-order chi connectivity index (χ0) is 12.3. The summed E-state index contributed by atoms with van der Waals surface area (Å²) >= 11 is 0. The maximum Gasteiger partial charge on any atom is 0.238 e. The minimum Gasteiger partial charge on any atom is -0.324 e. The molecule has 6 heteroatoms. The molecule has 0 bridgehead atoms. The van der Waals surface area contributed by atoms with Crippen LogP contribution >= 0.6 is 0 Å². The molecule has 1 aromatic heterocycles. The van der Waals surface area contributed by atoms with Gasteiger partial charge >= 0.3 is 0 Å². The van der Waals surface area contributed by atoms with Crippen molar-refractivity contribution in [3.8, 4) is 11.4 Å². The first-order chi connectivity index (χ1) is 8.20. The Balaban J connectivity index is 2.37. The van der Waals surface area contributed by atoms with Crippen molar-refractivity contribution in [3.05, 3.63) is 30.1 Å². The summed E-state index contributed by atoms with van der Waals surface area (Å²) in [4.78, 5) is 15.5. The normalized spacial score (nSPS) is 10.2. The van der Waals surface area contributed by atoms with E-state index in [0.717, 1.165) is 11.4 Å².